The van der Waals surface area contributed by atoms with Crippen LogP contribution in [0.4, 0.5) is 0 Å². The average molecular weight is 567 g/mol. The molecule has 0 saturated carbocycles. The summed E-state index contributed by atoms with van der Waals surface area (Å²) in [7, 11) is -3.64. The van der Waals surface area contributed by atoms with Crippen LogP contribution in [0.15, 0.2) is 140 Å². The molecule has 0 aliphatic heterocycles. The second kappa shape index (κ2) is 11.0. The summed E-state index contributed by atoms with van der Waals surface area (Å²) < 4.78 is 19.2. The van der Waals surface area contributed by atoms with Gasteiger partial charge in [0, 0.05) is 16.7 Å². The molecular formula is C32H22N6O3Si. The van der Waals surface area contributed by atoms with Gasteiger partial charge >= 0.3 is 8.07 Å². The maximum Gasteiger partial charge on any atom is 0.377 e. The van der Waals surface area contributed by atoms with E-state index in [2.05, 4.69) is 30.6 Å². The SMILES string of the molecule is C(=C[Si](c1nnc(-c2ccccc2)o1)(c1nnc(-c2ccccc2)o1)c1nnc(-c2ccccc2)o1)c1ccccc1. The first-order chi connectivity index (χ1) is 20.8. The van der Waals surface area contributed by atoms with Gasteiger partial charge in [0.05, 0.1) is 0 Å². The van der Waals surface area contributed by atoms with E-state index in [0.29, 0.717) is 17.7 Å². The van der Waals surface area contributed by atoms with Gasteiger partial charge < -0.3 is 13.3 Å². The van der Waals surface area contributed by atoms with E-state index in [1.54, 1.807) is 0 Å². The van der Waals surface area contributed by atoms with Gasteiger partial charge in [-0.3, -0.25) is 0 Å². The van der Waals surface area contributed by atoms with Crippen LogP contribution in [0.3, 0.4) is 0 Å². The number of hydrogen-bond donors (Lipinski definition) is 0. The molecule has 0 N–H and O–H groups in total. The van der Waals surface area contributed by atoms with Gasteiger partial charge in [0.15, 0.2) is 0 Å². The van der Waals surface area contributed by atoms with E-state index < -0.39 is 8.07 Å². The maximum absolute atomic E-state index is 6.40. The zero-order chi connectivity index (χ0) is 28.2. The minimum absolute atomic E-state index is 0.264. The van der Waals surface area contributed by atoms with Crippen molar-refractivity contribution < 1.29 is 13.3 Å². The van der Waals surface area contributed by atoms with E-state index in [0.717, 1.165) is 22.3 Å². The van der Waals surface area contributed by atoms with Gasteiger partial charge in [0.2, 0.25) is 34.2 Å². The van der Waals surface area contributed by atoms with Crippen LogP contribution in [-0.2, 0) is 0 Å². The monoisotopic (exact) mass is 566 g/mol. The lowest BCUT2D eigenvalue weighted by molar-refractivity contribution is 0.575. The normalized spacial score (nSPS) is 11.7. The Kier molecular flexibility index (Phi) is 6.63. The van der Waals surface area contributed by atoms with E-state index in [9.17, 15) is 0 Å². The predicted molar refractivity (Wildman–Crippen MR) is 159 cm³/mol. The summed E-state index contributed by atoms with van der Waals surface area (Å²) in [6.07, 6.45) is 1.96. The van der Waals surface area contributed by atoms with Gasteiger partial charge in [-0.2, -0.15) is 0 Å². The summed E-state index contributed by atoms with van der Waals surface area (Å²) >= 11 is 0. The third kappa shape index (κ3) is 4.76. The minimum Gasteiger partial charge on any atom is -0.424 e. The van der Waals surface area contributed by atoms with Crippen molar-refractivity contribution in [1.29, 1.82) is 0 Å². The first-order valence-corrected chi connectivity index (χ1v) is 15.3. The van der Waals surface area contributed by atoms with E-state index in [1.165, 1.54) is 0 Å². The molecule has 202 valence electrons. The first kappa shape index (κ1) is 25.2. The highest BCUT2D eigenvalue weighted by atomic mass is 28.3. The zero-order valence-electron chi connectivity index (χ0n) is 22.1. The van der Waals surface area contributed by atoms with Crippen LogP contribution in [0.5, 0.6) is 0 Å². The Morgan fingerprint density at radius 1 is 0.405 bits per heavy atom. The van der Waals surface area contributed by atoms with Crippen molar-refractivity contribution in [3.63, 3.8) is 0 Å². The molecule has 0 atom stereocenters. The molecular weight excluding hydrogens is 544 g/mol. The Balaban J connectivity index is 1.46. The molecule has 10 heteroatoms. The lowest BCUT2D eigenvalue weighted by Gasteiger charge is -2.15. The largest absolute Gasteiger partial charge is 0.424 e. The molecule has 0 radical (unpaired) electrons. The lowest BCUT2D eigenvalue weighted by atomic mass is 10.2. The Hall–Kier alpha value is -5.74. The van der Waals surface area contributed by atoms with Crippen molar-refractivity contribution in [3.05, 3.63) is 133 Å². The molecule has 0 bridgehead atoms. The molecule has 9 nitrogen and oxygen atoms in total. The second-order valence-electron chi connectivity index (χ2n) is 9.39. The van der Waals surface area contributed by atoms with Crippen molar-refractivity contribution in [2.45, 2.75) is 0 Å². The highest BCUT2D eigenvalue weighted by Crippen LogP contribution is 2.21. The predicted octanol–water partition coefficient (Wildman–Crippen LogP) is 4.56. The van der Waals surface area contributed by atoms with Crippen molar-refractivity contribution >= 4 is 30.7 Å². The molecule has 0 aliphatic rings. The molecule has 0 aliphatic carbocycles. The summed E-state index contributed by atoms with van der Waals surface area (Å²) in [5, 5.41) is 26.8. The van der Waals surface area contributed by atoms with Gasteiger partial charge in [0.25, 0.3) is 0 Å². The first-order valence-electron chi connectivity index (χ1n) is 13.2. The van der Waals surface area contributed by atoms with Crippen molar-refractivity contribution in [3.8, 4) is 34.4 Å². The molecule has 7 rings (SSSR count). The van der Waals surface area contributed by atoms with Crippen LogP contribution in [0.2, 0.25) is 0 Å². The van der Waals surface area contributed by atoms with Gasteiger partial charge in [0.1, 0.15) is 0 Å². The number of hydrogen-bond acceptors (Lipinski definition) is 9. The molecule has 3 heterocycles. The smallest absolute Gasteiger partial charge is 0.377 e. The number of rotatable bonds is 8. The van der Waals surface area contributed by atoms with Crippen LogP contribution in [-0.4, -0.2) is 38.7 Å². The molecule has 0 saturated heterocycles. The van der Waals surface area contributed by atoms with Crippen LogP contribution < -0.4 is 16.5 Å². The Labute approximate surface area is 241 Å². The summed E-state index contributed by atoms with van der Waals surface area (Å²) in [6.45, 7) is 0. The maximum atomic E-state index is 6.40. The van der Waals surface area contributed by atoms with Crippen LogP contribution in [0, 0.1) is 0 Å². The van der Waals surface area contributed by atoms with Crippen molar-refractivity contribution in [1.82, 2.24) is 30.6 Å². The lowest BCUT2D eigenvalue weighted by Crippen LogP contribution is -2.67. The molecule has 7 aromatic rings. The molecule has 4 aromatic carbocycles. The molecule has 3 aromatic heterocycles. The van der Waals surface area contributed by atoms with Crippen molar-refractivity contribution in [2.24, 2.45) is 0 Å². The number of nitrogens with zero attached hydrogens (tertiary/aromatic N) is 6. The Bertz CT molecular complexity index is 1750. The summed E-state index contributed by atoms with van der Waals surface area (Å²) in [6, 6.07) is 38.5. The third-order valence-corrected chi connectivity index (χ3v) is 9.97. The summed E-state index contributed by atoms with van der Waals surface area (Å²) in [5.41, 5.74) is 6.02. The summed E-state index contributed by atoms with van der Waals surface area (Å²) in [5.74, 6) is 1.04. The minimum atomic E-state index is -3.64. The van der Waals surface area contributed by atoms with Crippen LogP contribution in [0.1, 0.15) is 5.56 Å². The Morgan fingerprint density at radius 2 is 0.738 bits per heavy atom. The molecule has 0 fully saturated rings. The molecule has 42 heavy (non-hydrogen) atoms. The van der Waals surface area contributed by atoms with Gasteiger partial charge in [-0.1, -0.05) is 96.7 Å². The van der Waals surface area contributed by atoms with E-state index in [-0.39, 0.29) is 16.5 Å². The average Bonchev–Trinajstić information content (AvgIpc) is 3.86. The van der Waals surface area contributed by atoms with Crippen LogP contribution >= 0.6 is 0 Å². The Morgan fingerprint density at radius 3 is 1.10 bits per heavy atom. The van der Waals surface area contributed by atoms with E-state index in [1.807, 2.05) is 133 Å². The zero-order valence-corrected chi connectivity index (χ0v) is 23.1. The van der Waals surface area contributed by atoms with E-state index >= 15 is 0 Å². The quantitative estimate of drug-likeness (QED) is 0.244. The molecule has 0 spiro atoms. The standard InChI is InChI=1S/C32H22N6O3Si/c1-5-13-23(14-6-1)21-22-42(30-36-33-27(39-30)24-15-7-2-8-16-24,31-37-34-28(40-31)25-17-9-3-10-18-25)32-38-35-29(41-32)26-19-11-4-12-20-26/h1-22H. The van der Waals surface area contributed by atoms with Crippen molar-refractivity contribution in [2.75, 3.05) is 0 Å². The fourth-order valence-corrected chi connectivity index (χ4v) is 7.33. The fourth-order valence-electron chi connectivity index (χ4n) is 4.51. The summed E-state index contributed by atoms with van der Waals surface area (Å²) in [4.78, 5) is 0. The highest BCUT2D eigenvalue weighted by molar-refractivity contribution is 7.12. The van der Waals surface area contributed by atoms with E-state index in [4.69, 9.17) is 13.3 Å². The number of aromatic nitrogens is 6. The number of benzene rings is 4. The fraction of sp³-hybridized carbons (Fsp3) is 0. The molecule has 0 amide bonds. The van der Waals surface area contributed by atoms with Crippen LogP contribution in [0.25, 0.3) is 40.4 Å². The van der Waals surface area contributed by atoms with Gasteiger partial charge in [-0.25, -0.2) is 0 Å². The third-order valence-electron chi connectivity index (χ3n) is 6.67. The van der Waals surface area contributed by atoms with Gasteiger partial charge in [-0.15, -0.1) is 30.6 Å². The molecule has 0 unspecified atom stereocenters. The second-order valence-corrected chi connectivity index (χ2v) is 12.6. The van der Waals surface area contributed by atoms with Gasteiger partial charge in [-0.05, 0) is 42.0 Å². The topological polar surface area (TPSA) is 117 Å². The highest BCUT2D eigenvalue weighted by Gasteiger charge is 2.54.